The Bertz CT molecular complexity index is 896. The quantitative estimate of drug-likeness (QED) is 0.404. The fraction of sp³-hybridized carbons (Fsp3) is 0.389. The maximum Gasteiger partial charge on any atom is 0.343 e. The zero-order chi connectivity index (χ0) is 20.8. The van der Waals surface area contributed by atoms with Crippen molar-refractivity contribution in [3.05, 3.63) is 50.8 Å². The van der Waals surface area contributed by atoms with Crippen LogP contribution in [0.25, 0.3) is 0 Å². The summed E-state index contributed by atoms with van der Waals surface area (Å²) in [6.45, 7) is 5.59. The first-order chi connectivity index (χ1) is 13.3. The largest absolute Gasteiger partial charge is 0.449 e. The molecule has 150 valence electrons. The maximum absolute atomic E-state index is 12.5. The highest BCUT2D eigenvalue weighted by atomic mass is 35.5. The van der Waals surface area contributed by atoms with E-state index in [0.29, 0.717) is 12.2 Å². The first kappa shape index (κ1) is 21.4. The van der Waals surface area contributed by atoms with Crippen LogP contribution in [0.4, 0.5) is 11.4 Å². The number of carbonyl (C=O) groups excluding carboxylic acids is 2. The van der Waals surface area contributed by atoms with Gasteiger partial charge in [0.25, 0.3) is 11.6 Å². The van der Waals surface area contributed by atoms with E-state index in [1.165, 1.54) is 29.8 Å². The number of benzene rings is 1. The van der Waals surface area contributed by atoms with Crippen LogP contribution in [0.3, 0.4) is 0 Å². The number of nitro benzene ring substituents is 1. The Balaban J connectivity index is 2.09. The number of para-hydroxylation sites is 2. The van der Waals surface area contributed by atoms with E-state index in [2.05, 4.69) is 10.4 Å². The molecule has 0 aliphatic rings. The average molecular weight is 409 g/mol. The van der Waals surface area contributed by atoms with Crippen LogP contribution in [-0.4, -0.2) is 32.7 Å². The van der Waals surface area contributed by atoms with E-state index >= 15 is 0 Å². The molecule has 1 heterocycles. The third-order valence-corrected chi connectivity index (χ3v) is 4.39. The van der Waals surface area contributed by atoms with E-state index in [1.54, 1.807) is 13.0 Å². The number of hydrogen-bond donors (Lipinski definition) is 1. The zero-order valence-corrected chi connectivity index (χ0v) is 16.5. The molecule has 0 aliphatic heterocycles. The highest BCUT2D eigenvalue weighted by molar-refractivity contribution is 6.32. The molecule has 28 heavy (non-hydrogen) atoms. The lowest BCUT2D eigenvalue weighted by Crippen LogP contribution is -2.30. The molecular formula is C18H21ClN4O5. The van der Waals surface area contributed by atoms with Gasteiger partial charge < -0.3 is 10.1 Å². The van der Waals surface area contributed by atoms with Crippen LogP contribution in [0.2, 0.25) is 5.15 Å². The number of ether oxygens (including phenoxy) is 1. The number of nitrogens with one attached hydrogen (secondary N) is 1. The number of nitro groups is 1. The van der Waals surface area contributed by atoms with Crippen molar-refractivity contribution in [2.24, 2.45) is 0 Å². The molecule has 0 saturated heterocycles. The summed E-state index contributed by atoms with van der Waals surface area (Å²) in [5, 5.41) is 17.8. The smallest absolute Gasteiger partial charge is 0.343 e. The summed E-state index contributed by atoms with van der Waals surface area (Å²) in [5.41, 5.74) is 0.257. The van der Waals surface area contributed by atoms with Gasteiger partial charge in [-0.1, -0.05) is 37.1 Å². The molecule has 0 saturated carbocycles. The zero-order valence-electron chi connectivity index (χ0n) is 15.8. The van der Waals surface area contributed by atoms with Crippen LogP contribution in [0.5, 0.6) is 0 Å². The Morgan fingerprint density at radius 1 is 1.39 bits per heavy atom. The molecule has 0 spiro atoms. The van der Waals surface area contributed by atoms with Gasteiger partial charge in [0, 0.05) is 12.6 Å². The second-order valence-electron chi connectivity index (χ2n) is 6.14. The van der Waals surface area contributed by atoms with Crippen molar-refractivity contribution < 1.29 is 19.2 Å². The maximum atomic E-state index is 12.5. The second-order valence-corrected chi connectivity index (χ2v) is 6.50. The van der Waals surface area contributed by atoms with Crippen LogP contribution in [0, 0.1) is 17.0 Å². The van der Waals surface area contributed by atoms with Gasteiger partial charge >= 0.3 is 5.97 Å². The number of nitrogens with zero attached hydrogens (tertiary/aromatic N) is 3. The van der Waals surface area contributed by atoms with Crippen molar-refractivity contribution in [3.63, 3.8) is 0 Å². The Hall–Kier alpha value is -2.94. The van der Waals surface area contributed by atoms with Crippen LogP contribution in [0.15, 0.2) is 24.3 Å². The van der Waals surface area contributed by atoms with E-state index in [1.807, 2.05) is 6.92 Å². The highest BCUT2D eigenvalue weighted by Crippen LogP contribution is 2.24. The number of aryl methyl sites for hydroxylation is 2. The number of esters is 1. The summed E-state index contributed by atoms with van der Waals surface area (Å²) >= 11 is 6.23. The summed E-state index contributed by atoms with van der Waals surface area (Å²) < 4.78 is 6.71. The lowest BCUT2D eigenvalue weighted by atomic mass is 10.2. The number of hydrogen-bond acceptors (Lipinski definition) is 6. The lowest BCUT2D eigenvalue weighted by molar-refractivity contribution is -0.383. The van der Waals surface area contributed by atoms with Crippen LogP contribution < -0.4 is 5.32 Å². The molecule has 0 aliphatic carbocycles. The van der Waals surface area contributed by atoms with E-state index in [4.69, 9.17) is 16.3 Å². The minimum absolute atomic E-state index is 0.0157. The first-order valence-electron chi connectivity index (χ1n) is 8.74. The topological polar surface area (TPSA) is 116 Å². The summed E-state index contributed by atoms with van der Waals surface area (Å²) in [4.78, 5) is 35.2. The number of amides is 1. The van der Waals surface area contributed by atoms with Gasteiger partial charge in [-0.3, -0.25) is 19.6 Å². The van der Waals surface area contributed by atoms with E-state index in [-0.39, 0.29) is 22.1 Å². The molecule has 0 unspecified atom stereocenters. The molecule has 1 aromatic heterocycles. The van der Waals surface area contributed by atoms with Gasteiger partial charge in [-0.25, -0.2) is 4.79 Å². The normalized spacial score (nSPS) is 11.7. The van der Waals surface area contributed by atoms with Gasteiger partial charge in [-0.2, -0.15) is 5.10 Å². The Morgan fingerprint density at radius 3 is 2.71 bits per heavy atom. The van der Waals surface area contributed by atoms with Crippen LogP contribution >= 0.6 is 11.6 Å². The molecule has 1 aromatic carbocycles. The first-order valence-corrected chi connectivity index (χ1v) is 9.12. The molecule has 2 rings (SSSR count). The third kappa shape index (κ3) is 4.86. The fourth-order valence-corrected chi connectivity index (χ4v) is 2.82. The number of unbranched alkanes of at least 4 members (excludes halogenated alkanes) is 1. The van der Waals surface area contributed by atoms with Crippen molar-refractivity contribution >= 4 is 34.9 Å². The molecular weight excluding hydrogens is 388 g/mol. The monoisotopic (exact) mass is 408 g/mol. The molecule has 0 radical (unpaired) electrons. The fourth-order valence-electron chi connectivity index (χ4n) is 2.49. The summed E-state index contributed by atoms with van der Waals surface area (Å²) in [6, 6.07) is 5.69. The van der Waals surface area contributed by atoms with Crippen molar-refractivity contribution in [1.82, 2.24) is 9.78 Å². The number of anilines is 1. The summed E-state index contributed by atoms with van der Waals surface area (Å²) in [6.07, 6.45) is 0.601. The molecule has 1 amide bonds. The molecule has 9 nitrogen and oxygen atoms in total. The second kappa shape index (κ2) is 9.32. The van der Waals surface area contributed by atoms with Crippen LogP contribution in [0.1, 0.15) is 42.7 Å². The van der Waals surface area contributed by atoms with Gasteiger partial charge in [0.15, 0.2) is 6.10 Å². The Labute approximate surface area is 166 Å². The molecule has 1 atom stereocenters. The lowest BCUT2D eigenvalue weighted by Gasteiger charge is -2.13. The minimum Gasteiger partial charge on any atom is -0.449 e. The van der Waals surface area contributed by atoms with E-state index in [9.17, 15) is 19.7 Å². The van der Waals surface area contributed by atoms with Gasteiger partial charge in [0.05, 0.1) is 10.6 Å². The number of carbonyl (C=O) groups is 2. The minimum atomic E-state index is -1.19. The van der Waals surface area contributed by atoms with Crippen molar-refractivity contribution in [2.45, 2.75) is 46.3 Å². The predicted octanol–water partition coefficient (Wildman–Crippen LogP) is 3.74. The Kier molecular flexibility index (Phi) is 7.11. The van der Waals surface area contributed by atoms with Crippen molar-refractivity contribution in [1.29, 1.82) is 0 Å². The third-order valence-electron chi connectivity index (χ3n) is 4.00. The standard InChI is InChI=1S/C18H21ClN4O5/c1-4-5-10-22-16(19)15(11(2)21-22)18(25)28-12(3)17(24)20-13-8-6-7-9-14(13)23(26)27/h6-9,12H,4-5,10H2,1-3H3,(H,20,24)/t12-/m1/s1. The molecule has 10 heteroatoms. The summed E-state index contributed by atoms with van der Waals surface area (Å²) in [7, 11) is 0. The average Bonchev–Trinajstić information content (AvgIpc) is 2.93. The van der Waals surface area contributed by atoms with Gasteiger partial charge in [0.2, 0.25) is 0 Å². The number of halogens is 1. The van der Waals surface area contributed by atoms with Gasteiger partial charge in [-0.15, -0.1) is 0 Å². The van der Waals surface area contributed by atoms with E-state index < -0.39 is 22.9 Å². The SMILES string of the molecule is CCCCn1nc(C)c(C(=O)O[C@H](C)C(=O)Nc2ccccc2[N+](=O)[O-])c1Cl. The molecule has 1 N–H and O–H groups in total. The van der Waals surface area contributed by atoms with Crippen molar-refractivity contribution in [3.8, 4) is 0 Å². The summed E-state index contributed by atoms with van der Waals surface area (Å²) in [5.74, 6) is -1.48. The predicted molar refractivity (Wildman–Crippen MR) is 103 cm³/mol. The van der Waals surface area contributed by atoms with Crippen molar-refractivity contribution in [2.75, 3.05) is 5.32 Å². The van der Waals surface area contributed by atoms with Crippen LogP contribution in [-0.2, 0) is 16.1 Å². The highest BCUT2D eigenvalue weighted by Gasteiger charge is 2.26. The molecule has 2 aromatic rings. The molecule has 0 fully saturated rings. The Morgan fingerprint density at radius 2 is 2.07 bits per heavy atom. The van der Waals surface area contributed by atoms with Gasteiger partial charge in [0.1, 0.15) is 16.4 Å². The van der Waals surface area contributed by atoms with Gasteiger partial charge in [-0.05, 0) is 26.3 Å². The number of aromatic nitrogens is 2. The number of rotatable bonds is 8. The van der Waals surface area contributed by atoms with E-state index in [0.717, 1.165) is 12.8 Å². The molecule has 0 bridgehead atoms.